The third kappa shape index (κ3) is 2.87. The van der Waals surface area contributed by atoms with Gasteiger partial charge in [0, 0.05) is 6.54 Å². The molecule has 0 aromatic carbocycles. The summed E-state index contributed by atoms with van der Waals surface area (Å²) in [4.78, 5) is 11.8. The molecule has 1 aliphatic rings. The topological polar surface area (TPSA) is 54.9 Å². The van der Waals surface area contributed by atoms with Crippen LogP contribution in [0.3, 0.4) is 0 Å². The fraction of sp³-hybridized carbons (Fsp3) is 0.545. The van der Waals surface area contributed by atoms with E-state index >= 15 is 0 Å². The molecule has 1 atom stereocenters. The van der Waals surface area contributed by atoms with Crippen LogP contribution in [-0.4, -0.2) is 22.6 Å². The number of carbonyl (C=O) groups is 1. The molecule has 6 heteroatoms. The fourth-order valence-corrected chi connectivity index (χ4v) is 2.07. The Hall–Kier alpha value is -0.870. The van der Waals surface area contributed by atoms with Gasteiger partial charge in [-0.1, -0.05) is 37.0 Å². The first-order valence-corrected chi connectivity index (χ1v) is 6.12. The maximum Gasteiger partial charge on any atom is 0.254 e. The van der Waals surface area contributed by atoms with E-state index in [1.165, 1.54) is 6.07 Å². The number of halogens is 2. The van der Waals surface area contributed by atoms with Gasteiger partial charge in [-0.15, -0.1) is 10.2 Å². The van der Waals surface area contributed by atoms with Crippen LogP contribution in [0, 0.1) is 11.3 Å². The van der Waals surface area contributed by atoms with E-state index in [2.05, 4.69) is 29.4 Å². The van der Waals surface area contributed by atoms with Crippen molar-refractivity contribution in [2.75, 3.05) is 6.54 Å². The van der Waals surface area contributed by atoms with Crippen LogP contribution in [0.4, 0.5) is 0 Å². The Labute approximate surface area is 110 Å². The highest BCUT2D eigenvalue weighted by molar-refractivity contribution is 6.34. The van der Waals surface area contributed by atoms with Crippen LogP contribution in [0.15, 0.2) is 6.07 Å². The molecule has 1 aromatic rings. The summed E-state index contributed by atoms with van der Waals surface area (Å²) in [6, 6.07) is 1.42. The lowest BCUT2D eigenvalue weighted by atomic mass is 10.1. The van der Waals surface area contributed by atoms with Crippen LogP contribution >= 0.6 is 23.2 Å². The molecule has 1 unspecified atom stereocenters. The molecule has 0 aliphatic heterocycles. The molecule has 92 valence electrons. The zero-order chi connectivity index (χ0) is 12.6. The fourth-order valence-electron chi connectivity index (χ4n) is 1.75. The smallest absolute Gasteiger partial charge is 0.254 e. The van der Waals surface area contributed by atoms with Gasteiger partial charge >= 0.3 is 0 Å². The van der Waals surface area contributed by atoms with Crippen molar-refractivity contribution in [3.8, 4) is 0 Å². The normalized spacial score (nSPS) is 21.1. The first-order valence-electron chi connectivity index (χ1n) is 5.37. The quantitative estimate of drug-likeness (QED) is 0.921. The summed E-state index contributed by atoms with van der Waals surface area (Å²) in [5, 5.41) is 10.2. The number of amides is 1. The Kier molecular flexibility index (Phi) is 3.27. The summed E-state index contributed by atoms with van der Waals surface area (Å²) in [6.45, 7) is 5.02. The third-order valence-electron chi connectivity index (χ3n) is 3.19. The monoisotopic (exact) mass is 273 g/mol. The van der Waals surface area contributed by atoms with Gasteiger partial charge in [-0.25, -0.2) is 0 Å². The highest BCUT2D eigenvalue weighted by Crippen LogP contribution is 2.50. The molecule has 0 bridgehead atoms. The maximum atomic E-state index is 11.8. The summed E-state index contributed by atoms with van der Waals surface area (Å²) >= 11 is 11.5. The van der Waals surface area contributed by atoms with Gasteiger partial charge in [-0.3, -0.25) is 4.79 Å². The minimum atomic E-state index is -0.255. The predicted octanol–water partition coefficient (Wildman–Crippen LogP) is 2.56. The van der Waals surface area contributed by atoms with E-state index in [9.17, 15) is 4.79 Å². The van der Waals surface area contributed by atoms with Crippen molar-refractivity contribution >= 4 is 29.1 Å². The molecule has 1 fully saturated rings. The van der Waals surface area contributed by atoms with Crippen LogP contribution in [0.1, 0.15) is 30.6 Å². The lowest BCUT2D eigenvalue weighted by Gasteiger charge is -2.07. The summed E-state index contributed by atoms with van der Waals surface area (Å²) < 4.78 is 0. The molecule has 1 aromatic heterocycles. The van der Waals surface area contributed by atoms with E-state index in [4.69, 9.17) is 23.2 Å². The Morgan fingerprint density at radius 3 is 2.76 bits per heavy atom. The van der Waals surface area contributed by atoms with Crippen LogP contribution in [0.2, 0.25) is 10.3 Å². The Morgan fingerprint density at radius 2 is 2.18 bits per heavy atom. The van der Waals surface area contributed by atoms with E-state index < -0.39 is 0 Å². The van der Waals surface area contributed by atoms with Gasteiger partial charge in [0.2, 0.25) is 0 Å². The van der Waals surface area contributed by atoms with E-state index in [0.29, 0.717) is 17.9 Å². The molecular formula is C11H13Cl2N3O. The van der Waals surface area contributed by atoms with Crippen LogP contribution < -0.4 is 5.32 Å². The Morgan fingerprint density at radius 1 is 1.53 bits per heavy atom. The zero-order valence-electron chi connectivity index (χ0n) is 9.63. The second kappa shape index (κ2) is 4.42. The second-order valence-electron chi connectivity index (χ2n) is 4.97. The molecule has 1 aliphatic carbocycles. The van der Waals surface area contributed by atoms with Crippen molar-refractivity contribution in [3.05, 3.63) is 21.9 Å². The summed E-state index contributed by atoms with van der Waals surface area (Å²) in [7, 11) is 0. The van der Waals surface area contributed by atoms with Crippen molar-refractivity contribution in [2.24, 2.45) is 11.3 Å². The largest absolute Gasteiger partial charge is 0.352 e. The first kappa shape index (κ1) is 12.6. The standard InChI is InChI=1S/C11H13Cl2N3O/c1-11(2)4-6(11)5-14-10(17)7-3-8(12)15-16-9(7)13/h3,6H,4-5H2,1-2H3,(H,14,17). The van der Waals surface area contributed by atoms with Crippen LogP contribution in [0.5, 0.6) is 0 Å². The van der Waals surface area contributed by atoms with Gasteiger partial charge in [0.05, 0.1) is 5.56 Å². The van der Waals surface area contributed by atoms with E-state index in [1.807, 2.05) is 0 Å². The minimum Gasteiger partial charge on any atom is -0.352 e. The molecule has 2 rings (SSSR count). The van der Waals surface area contributed by atoms with Gasteiger partial charge in [0.15, 0.2) is 10.3 Å². The van der Waals surface area contributed by atoms with Gasteiger partial charge in [-0.2, -0.15) is 0 Å². The average molecular weight is 274 g/mol. The highest BCUT2D eigenvalue weighted by atomic mass is 35.5. The Balaban J connectivity index is 1.98. The van der Waals surface area contributed by atoms with Crippen molar-refractivity contribution in [2.45, 2.75) is 20.3 Å². The number of aromatic nitrogens is 2. The summed E-state index contributed by atoms with van der Waals surface area (Å²) in [6.07, 6.45) is 1.14. The van der Waals surface area contributed by atoms with Crippen molar-refractivity contribution in [3.63, 3.8) is 0 Å². The average Bonchev–Trinajstić information content (AvgIpc) is 2.87. The van der Waals surface area contributed by atoms with Crippen molar-refractivity contribution in [1.82, 2.24) is 15.5 Å². The molecular weight excluding hydrogens is 261 g/mol. The van der Waals surface area contributed by atoms with Crippen LogP contribution in [0.25, 0.3) is 0 Å². The van der Waals surface area contributed by atoms with E-state index in [-0.39, 0.29) is 21.8 Å². The number of hydrogen-bond acceptors (Lipinski definition) is 3. The molecule has 0 spiro atoms. The van der Waals surface area contributed by atoms with Gasteiger partial charge in [-0.05, 0) is 23.8 Å². The molecule has 1 amide bonds. The Bertz CT molecular complexity index is 462. The first-order chi connectivity index (χ1) is 7.90. The van der Waals surface area contributed by atoms with Crippen molar-refractivity contribution in [1.29, 1.82) is 0 Å². The summed E-state index contributed by atoms with van der Waals surface area (Å²) in [5.74, 6) is 0.282. The SMILES string of the molecule is CC1(C)CC1CNC(=O)c1cc(Cl)nnc1Cl. The van der Waals surface area contributed by atoms with Crippen LogP contribution in [-0.2, 0) is 0 Å². The van der Waals surface area contributed by atoms with Crippen molar-refractivity contribution < 1.29 is 4.79 Å². The lowest BCUT2D eigenvalue weighted by Crippen LogP contribution is -2.27. The molecule has 0 radical (unpaired) electrons. The zero-order valence-corrected chi connectivity index (χ0v) is 11.1. The number of nitrogens with one attached hydrogen (secondary N) is 1. The number of rotatable bonds is 3. The van der Waals surface area contributed by atoms with Gasteiger partial charge in [0.1, 0.15) is 0 Å². The molecule has 17 heavy (non-hydrogen) atoms. The molecule has 1 heterocycles. The third-order valence-corrected chi connectivity index (χ3v) is 3.65. The predicted molar refractivity (Wildman–Crippen MR) is 66.3 cm³/mol. The van der Waals surface area contributed by atoms with Gasteiger partial charge < -0.3 is 5.32 Å². The van der Waals surface area contributed by atoms with E-state index in [1.54, 1.807) is 0 Å². The molecule has 1 saturated carbocycles. The van der Waals surface area contributed by atoms with Gasteiger partial charge in [0.25, 0.3) is 5.91 Å². The number of carbonyl (C=O) groups excluding carboxylic acids is 1. The highest BCUT2D eigenvalue weighted by Gasteiger charge is 2.45. The number of hydrogen-bond donors (Lipinski definition) is 1. The molecule has 1 N–H and O–H groups in total. The lowest BCUT2D eigenvalue weighted by molar-refractivity contribution is 0.0950. The summed E-state index contributed by atoms with van der Waals surface area (Å²) in [5.41, 5.74) is 0.607. The molecule has 0 saturated heterocycles. The molecule has 4 nitrogen and oxygen atoms in total. The maximum absolute atomic E-state index is 11.8. The van der Waals surface area contributed by atoms with E-state index in [0.717, 1.165) is 6.42 Å². The number of nitrogens with zero attached hydrogens (tertiary/aromatic N) is 2. The minimum absolute atomic E-state index is 0.0713. The second-order valence-corrected chi connectivity index (χ2v) is 5.72.